The van der Waals surface area contributed by atoms with E-state index in [0.717, 1.165) is 6.26 Å². The van der Waals surface area contributed by atoms with Crippen molar-refractivity contribution >= 4 is 15.6 Å². The number of benzene rings is 1. The molecule has 0 bridgehead atoms. The molecular weight excluding hydrogens is 200 g/mol. The van der Waals surface area contributed by atoms with E-state index in [1.807, 2.05) is 0 Å². The van der Waals surface area contributed by atoms with E-state index in [-0.39, 0.29) is 10.7 Å². The number of hydrogen-bond donors (Lipinski definition) is 0. The minimum atomic E-state index is -3.18. The Morgan fingerprint density at radius 3 is 2.21 bits per heavy atom. The maximum absolute atomic E-state index is 11.2. The summed E-state index contributed by atoms with van der Waals surface area (Å²) in [6.07, 6.45) is 1.15. The van der Waals surface area contributed by atoms with Gasteiger partial charge in [-0.2, -0.15) is 0 Å². The molecule has 0 atom stereocenters. The smallest absolute Gasteiger partial charge is 0.175 e. The van der Waals surface area contributed by atoms with E-state index < -0.39 is 9.84 Å². The molecular formula is C10H12O3S. The van der Waals surface area contributed by atoms with Gasteiger partial charge in [-0.05, 0) is 37.6 Å². The minimum Gasteiger partial charge on any atom is -0.295 e. The van der Waals surface area contributed by atoms with E-state index in [1.165, 1.54) is 19.1 Å². The molecule has 1 aromatic rings. The molecule has 1 aromatic carbocycles. The molecule has 1 rings (SSSR count). The topological polar surface area (TPSA) is 51.2 Å². The van der Waals surface area contributed by atoms with Crippen molar-refractivity contribution in [1.29, 1.82) is 0 Å². The molecule has 0 N–H and O–H groups in total. The highest BCUT2D eigenvalue weighted by atomic mass is 32.2. The molecule has 0 spiro atoms. The zero-order valence-corrected chi connectivity index (χ0v) is 9.18. The number of rotatable bonds is 2. The van der Waals surface area contributed by atoms with Crippen molar-refractivity contribution < 1.29 is 13.2 Å². The van der Waals surface area contributed by atoms with Crippen LogP contribution in [0.5, 0.6) is 0 Å². The van der Waals surface area contributed by atoms with E-state index >= 15 is 0 Å². The maximum Gasteiger partial charge on any atom is 0.175 e. The van der Waals surface area contributed by atoms with Crippen molar-refractivity contribution in [3.63, 3.8) is 0 Å². The number of carbonyl (C=O) groups excluding carboxylic acids is 1. The van der Waals surface area contributed by atoms with Crippen LogP contribution < -0.4 is 0 Å². The number of ketones is 1. The second-order valence-electron chi connectivity index (χ2n) is 3.31. The lowest BCUT2D eigenvalue weighted by Gasteiger charge is -2.04. The summed E-state index contributed by atoms with van der Waals surface area (Å²) in [6, 6.07) is 4.53. The van der Waals surface area contributed by atoms with Gasteiger partial charge in [0.2, 0.25) is 0 Å². The van der Waals surface area contributed by atoms with Crippen molar-refractivity contribution in [2.24, 2.45) is 0 Å². The van der Waals surface area contributed by atoms with E-state index in [2.05, 4.69) is 0 Å². The predicted octanol–water partition coefficient (Wildman–Crippen LogP) is 1.60. The molecule has 0 aliphatic rings. The van der Waals surface area contributed by atoms with Crippen molar-refractivity contribution in [2.45, 2.75) is 18.7 Å². The van der Waals surface area contributed by atoms with Crippen LogP contribution in [-0.4, -0.2) is 20.5 Å². The number of carbonyl (C=O) groups is 1. The zero-order chi connectivity index (χ0) is 10.9. The summed E-state index contributed by atoms with van der Waals surface area (Å²) in [5.74, 6) is -0.0532. The van der Waals surface area contributed by atoms with Crippen LogP contribution in [0.1, 0.15) is 22.8 Å². The normalized spacial score (nSPS) is 11.4. The Bertz CT molecular complexity index is 472. The van der Waals surface area contributed by atoms with Gasteiger partial charge in [0.05, 0.1) is 4.90 Å². The van der Waals surface area contributed by atoms with Crippen LogP contribution in [0.25, 0.3) is 0 Å². The summed E-state index contributed by atoms with van der Waals surface area (Å²) >= 11 is 0. The first-order chi connectivity index (χ1) is 6.32. The van der Waals surface area contributed by atoms with Crippen molar-refractivity contribution in [3.05, 3.63) is 29.3 Å². The molecule has 0 saturated heterocycles. The second-order valence-corrected chi connectivity index (χ2v) is 5.32. The largest absolute Gasteiger partial charge is 0.295 e. The highest BCUT2D eigenvalue weighted by molar-refractivity contribution is 7.90. The lowest BCUT2D eigenvalue weighted by Crippen LogP contribution is -2.01. The Morgan fingerprint density at radius 2 is 1.86 bits per heavy atom. The van der Waals surface area contributed by atoms with Gasteiger partial charge < -0.3 is 0 Å². The summed E-state index contributed by atoms with van der Waals surface area (Å²) in [7, 11) is -3.18. The summed E-state index contributed by atoms with van der Waals surface area (Å²) < 4.78 is 22.4. The van der Waals surface area contributed by atoms with Crippen LogP contribution in [0.3, 0.4) is 0 Å². The Morgan fingerprint density at radius 1 is 1.29 bits per heavy atom. The van der Waals surface area contributed by atoms with E-state index in [4.69, 9.17) is 0 Å². The number of hydrogen-bond acceptors (Lipinski definition) is 3. The number of aryl methyl sites for hydroxylation is 1. The Balaban J connectivity index is 3.34. The van der Waals surface area contributed by atoms with Crippen molar-refractivity contribution in [2.75, 3.05) is 6.26 Å². The lowest BCUT2D eigenvalue weighted by molar-refractivity contribution is 0.101. The molecule has 4 heteroatoms. The van der Waals surface area contributed by atoms with Gasteiger partial charge in [0.25, 0.3) is 0 Å². The van der Waals surface area contributed by atoms with Crippen LogP contribution in [0.4, 0.5) is 0 Å². The van der Waals surface area contributed by atoms with E-state index in [1.54, 1.807) is 13.0 Å². The second kappa shape index (κ2) is 3.53. The average Bonchev–Trinajstić information content (AvgIpc) is 2.01. The SMILES string of the molecule is CC(=O)c1ccc(S(C)(=O)=O)cc1C. The van der Waals surface area contributed by atoms with Crippen LogP contribution in [-0.2, 0) is 9.84 Å². The molecule has 0 aliphatic carbocycles. The molecule has 76 valence electrons. The highest BCUT2D eigenvalue weighted by Crippen LogP contribution is 2.15. The maximum atomic E-state index is 11.2. The van der Waals surface area contributed by atoms with Gasteiger partial charge in [-0.3, -0.25) is 4.79 Å². The summed E-state index contributed by atoms with van der Waals surface area (Å²) in [6.45, 7) is 3.19. The van der Waals surface area contributed by atoms with Crippen LogP contribution >= 0.6 is 0 Å². The number of Topliss-reactive ketones (excluding diaryl/α,β-unsaturated/α-hetero) is 1. The standard InChI is InChI=1S/C10H12O3S/c1-7-6-9(14(3,12)13)4-5-10(7)8(2)11/h4-6H,1-3H3. The highest BCUT2D eigenvalue weighted by Gasteiger charge is 2.10. The summed E-state index contributed by atoms with van der Waals surface area (Å²) in [4.78, 5) is 11.3. The molecule has 14 heavy (non-hydrogen) atoms. The third kappa shape index (κ3) is 2.20. The molecule has 3 nitrogen and oxygen atoms in total. The van der Waals surface area contributed by atoms with Gasteiger partial charge in [0.15, 0.2) is 15.6 Å². The van der Waals surface area contributed by atoms with Crippen LogP contribution in [0.2, 0.25) is 0 Å². The molecule has 0 unspecified atom stereocenters. The van der Waals surface area contributed by atoms with Gasteiger partial charge in [-0.15, -0.1) is 0 Å². The van der Waals surface area contributed by atoms with E-state index in [0.29, 0.717) is 11.1 Å². The Hall–Kier alpha value is -1.16. The van der Waals surface area contributed by atoms with Gasteiger partial charge in [0, 0.05) is 11.8 Å². The molecule has 0 aromatic heterocycles. The zero-order valence-electron chi connectivity index (χ0n) is 8.37. The van der Waals surface area contributed by atoms with Crippen molar-refractivity contribution in [3.8, 4) is 0 Å². The first-order valence-corrected chi connectivity index (χ1v) is 6.03. The fourth-order valence-electron chi connectivity index (χ4n) is 1.26. The Labute approximate surface area is 83.7 Å². The van der Waals surface area contributed by atoms with Gasteiger partial charge in [-0.25, -0.2) is 8.42 Å². The molecule has 0 heterocycles. The molecule has 0 amide bonds. The quantitative estimate of drug-likeness (QED) is 0.700. The van der Waals surface area contributed by atoms with Crippen LogP contribution in [0.15, 0.2) is 23.1 Å². The van der Waals surface area contributed by atoms with Gasteiger partial charge in [0.1, 0.15) is 0 Å². The Kier molecular flexibility index (Phi) is 2.76. The molecule has 0 saturated carbocycles. The molecule has 0 radical (unpaired) electrons. The molecule has 0 aliphatic heterocycles. The van der Waals surface area contributed by atoms with Crippen molar-refractivity contribution in [1.82, 2.24) is 0 Å². The average molecular weight is 212 g/mol. The fraction of sp³-hybridized carbons (Fsp3) is 0.300. The van der Waals surface area contributed by atoms with Gasteiger partial charge >= 0.3 is 0 Å². The first kappa shape index (κ1) is 10.9. The predicted molar refractivity (Wildman–Crippen MR) is 54.3 cm³/mol. The number of sulfone groups is 1. The summed E-state index contributed by atoms with van der Waals surface area (Å²) in [5.41, 5.74) is 1.26. The first-order valence-electron chi connectivity index (χ1n) is 4.14. The monoisotopic (exact) mass is 212 g/mol. The van der Waals surface area contributed by atoms with E-state index in [9.17, 15) is 13.2 Å². The summed E-state index contributed by atoms with van der Waals surface area (Å²) in [5, 5.41) is 0. The fourth-order valence-corrected chi connectivity index (χ4v) is 1.97. The lowest BCUT2D eigenvalue weighted by atomic mass is 10.1. The molecule has 0 fully saturated rings. The van der Waals surface area contributed by atoms with Crippen LogP contribution in [0, 0.1) is 6.92 Å². The minimum absolute atomic E-state index is 0.0532. The third-order valence-electron chi connectivity index (χ3n) is 2.01. The third-order valence-corrected chi connectivity index (χ3v) is 3.12. The van der Waals surface area contributed by atoms with Gasteiger partial charge in [-0.1, -0.05) is 0 Å².